The van der Waals surface area contributed by atoms with E-state index < -0.39 is 24.6 Å². The Balaban J connectivity index is 1.57. The minimum Gasteiger partial charge on any atom is -0.493 e. The summed E-state index contributed by atoms with van der Waals surface area (Å²) in [6.45, 7) is -1.59. The number of ether oxygens (including phenoxy) is 3. The number of hydrogen-bond donors (Lipinski definition) is 1. The lowest BCUT2D eigenvalue weighted by Crippen LogP contribution is -2.29. The second kappa shape index (κ2) is 12.0. The first-order valence-corrected chi connectivity index (χ1v) is 11.5. The van der Waals surface area contributed by atoms with Gasteiger partial charge >= 0.3 is 12.6 Å². The largest absolute Gasteiger partial charge is 0.493 e. The van der Waals surface area contributed by atoms with Crippen LogP contribution in [0.2, 0.25) is 10.0 Å². The van der Waals surface area contributed by atoms with Crippen LogP contribution in [0.25, 0.3) is 17.3 Å². The molecule has 0 fully saturated rings. The van der Waals surface area contributed by atoms with Gasteiger partial charge in [0.15, 0.2) is 22.7 Å². The van der Waals surface area contributed by atoms with Crippen LogP contribution >= 0.6 is 34.5 Å². The smallest absolute Gasteiger partial charge is 0.387 e. The summed E-state index contributed by atoms with van der Waals surface area (Å²) in [5, 5.41) is 5.44. The van der Waals surface area contributed by atoms with Crippen molar-refractivity contribution in [2.24, 2.45) is 0 Å². The van der Waals surface area contributed by atoms with E-state index in [9.17, 15) is 18.4 Å². The summed E-state index contributed by atoms with van der Waals surface area (Å²) < 4.78 is 39.3. The zero-order valence-corrected chi connectivity index (χ0v) is 20.6. The van der Waals surface area contributed by atoms with Crippen LogP contribution in [0.15, 0.2) is 47.9 Å². The number of nitrogens with one attached hydrogen (secondary N) is 1. The molecule has 3 rings (SSSR count). The number of esters is 1. The molecule has 3 aromatic rings. The molecule has 0 radical (unpaired) electrons. The minimum atomic E-state index is -3.00. The number of anilines is 1. The van der Waals surface area contributed by atoms with Crippen molar-refractivity contribution in [1.29, 1.82) is 0 Å². The molecule has 184 valence electrons. The summed E-state index contributed by atoms with van der Waals surface area (Å²) in [6, 6.07) is 9.20. The molecule has 12 heteroatoms. The van der Waals surface area contributed by atoms with E-state index in [0.717, 1.165) is 11.6 Å². The van der Waals surface area contributed by atoms with Crippen molar-refractivity contribution < 1.29 is 32.6 Å². The van der Waals surface area contributed by atoms with E-state index in [-0.39, 0.29) is 11.5 Å². The van der Waals surface area contributed by atoms with Gasteiger partial charge in [0.1, 0.15) is 0 Å². The summed E-state index contributed by atoms with van der Waals surface area (Å²) >= 11 is 13.1. The number of methoxy groups -OCH3 is 1. The van der Waals surface area contributed by atoms with E-state index in [0.29, 0.717) is 26.4 Å². The van der Waals surface area contributed by atoms with Crippen molar-refractivity contribution in [3.63, 3.8) is 0 Å². The van der Waals surface area contributed by atoms with E-state index in [1.807, 2.05) is 0 Å². The van der Waals surface area contributed by atoms with Gasteiger partial charge in [0.05, 0.1) is 22.8 Å². The SMILES string of the molecule is COc1cc(/C=C/C(=O)O[C@H](C)C(=O)Nc2nc(-c3ccc(Cl)c(Cl)c3)cs2)ccc1OC(F)F. The highest BCUT2D eigenvalue weighted by Crippen LogP contribution is 2.31. The van der Waals surface area contributed by atoms with Crippen LogP contribution in [-0.2, 0) is 14.3 Å². The number of aromatic nitrogens is 1. The molecule has 1 aromatic heterocycles. The first-order chi connectivity index (χ1) is 16.7. The number of benzene rings is 2. The number of alkyl halides is 2. The van der Waals surface area contributed by atoms with Gasteiger partial charge in [-0.2, -0.15) is 8.78 Å². The maximum atomic E-state index is 12.4. The summed E-state index contributed by atoms with van der Waals surface area (Å²) in [7, 11) is 1.30. The third-order valence-corrected chi connectivity index (χ3v) is 5.92. The third kappa shape index (κ3) is 7.38. The lowest BCUT2D eigenvalue weighted by Gasteiger charge is -2.11. The molecule has 0 bridgehead atoms. The summed E-state index contributed by atoms with van der Waals surface area (Å²) in [5.74, 6) is -1.43. The molecule has 1 heterocycles. The molecule has 1 atom stereocenters. The second-order valence-corrected chi connectivity index (χ2v) is 8.53. The molecule has 0 aliphatic carbocycles. The summed E-state index contributed by atoms with van der Waals surface area (Å²) in [6.07, 6.45) is 1.37. The lowest BCUT2D eigenvalue weighted by molar-refractivity contribution is -0.148. The predicted octanol–water partition coefficient (Wildman–Crippen LogP) is 6.31. The monoisotopic (exact) mass is 542 g/mol. The van der Waals surface area contributed by atoms with Gasteiger partial charge in [-0.1, -0.05) is 35.3 Å². The standard InChI is InChI=1S/C23H18Cl2F2N2O5S/c1-12(21(31)29-23-28-17(11-35-23)14-5-6-15(24)16(25)10-14)33-20(30)8-4-13-3-7-18(34-22(26)27)19(9-13)32-2/h3-12,22H,1-2H3,(H,28,29,31)/b8-4+/t12-/m1/s1. The molecule has 0 spiro atoms. The van der Waals surface area contributed by atoms with Crippen molar-refractivity contribution in [1.82, 2.24) is 4.98 Å². The number of nitrogens with zero attached hydrogens (tertiary/aromatic N) is 1. The molecule has 0 aliphatic rings. The van der Waals surface area contributed by atoms with E-state index in [1.165, 1.54) is 49.6 Å². The summed E-state index contributed by atoms with van der Waals surface area (Å²) in [4.78, 5) is 28.8. The van der Waals surface area contributed by atoms with Crippen molar-refractivity contribution in [3.05, 3.63) is 63.5 Å². The molecule has 2 aromatic carbocycles. The maximum Gasteiger partial charge on any atom is 0.387 e. The topological polar surface area (TPSA) is 86.8 Å². The highest BCUT2D eigenvalue weighted by molar-refractivity contribution is 7.14. The Kier molecular flexibility index (Phi) is 9.02. The zero-order chi connectivity index (χ0) is 25.5. The molecule has 0 saturated carbocycles. The van der Waals surface area contributed by atoms with Crippen LogP contribution in [0.3, 0.4) is 0 Å². The Morgan fingerprint density at radius 3 is 2.57 bits per heavy atom. The number of amides is 1. The van der Waals surface area contributed by atoms with Gasteiger partial charge in [0.25, 0.3) is 5.91 Å². The predicted molar refractivity (Wildman–Crippen MR) is 130 cm³/mol. The van der Waals surface area contributed by atoms with Gasteiger partial charge in [-0.05, 0) is 42.8 Å². The average Bonchev–Trinajstić information content (AvgIpc) is 3.28. The third-order valence-electron chi connectivity index (χ3n) is 4.43. The van der Waals surface area contributed by atoms with Crippen LogP contribution in [0, 0.1) is 0 Å². The van der Waals surface area contributed by atoms with Gasteiger partial charge in [-0.3, -0.25) is 10.1 Å². The number of thiazole rings is 1. The number of halogens is 4. The van der Waals surface area contributed by atoms with E-state index in [4.69, 9.17) is 32.7 Å². The normalized spacial score (nSPS) is 12.0. The number of hydrogen-bond acceptors (Lipinski definition) is 7. The van der Waals surface area contributed by atoms with Gasteiger partial charge in [-0.25, -0.2) is 9.78 Å². The molecule has 1 N–H and O–H groups in total. The van der Waals surface area contributed by atoms with Crippen LogP contribution in [0.1, 0.15) is 12.5 Å². The Hall–Kier alpha value is -3.21. The lowest BCUT2D eigenvalue weighted by atomic mass is 10.2. The quantitative estimate of drug-likeness (QED) is 0.252. The molecule has 35 heavy (non-hydrogen) atoms. The van der Waals surface area contributed by atoms with Crippen LogP contribution in [-0.4, -0.2) is 36.7 Å². The fraction of sp³-hybridized carbons (Fsp3) is 0.174. The molecule has 1 amide bonds. The molecular formula is C23H18Cl2F2N2O5S. The van der Waals surface area contributed by atoms with Crippen molar-refractivity contribution in [2.45, 2.75) is 19.6 Å². The Labute approximate surface area is 213 Å². The van der Waals surface area contributed by atoms with Gasteiger partial charge in [-0.15, -0.1) is 11.3 Å². The second-order valence-electron chi connectivity index (χ2n) is 6.86. The molecule has 0 saturated heterocycles. The number of rotatable bonds is 9. The van der Waals surface area contributed by atoms with E-state index in [1.54, 1.807) is 23.6 Å². The molecular weight excluding hydrogens is 525 g/mol. The number of carbonyl (C=O) groups excluding carboxylic acids is 2. The fourth-order valence-electron chi connectivity index (χ4n) is 2.74. The fourth-order valence-corrected chi connectivity index (χ4v) is 3.76. The Morgan fingerprint density at radius 1 is 1.11 bits per heavy atom. The Morgan fingerprint density at radius 2 is 1.89 bits per heavy atom. The van der Waals surface area contributed by atoms with Crippen molar-refractivity contribution in [2.75, 3.05) is 12.4 Å². The van der Waals surface area contributed by atoms with Crippen LogP contribution in [0.5, 0.6) is 11.5 Å². The first kappa shape index (κ1) is 26.4. The van der Waals surface area contributed by atoms with E-state index >= 15 is 0 Å². The number of carbonyl (C=O) groups is 2. The highest BCUT2D eigenvalue weighted by Gasteiger charge is 2.18. The van der Waals surface area contributed by atoms with Crippen LogP contribution in [0.4, 0.5) is 13.9 Å². The zero-order valence-electron chi connectivity index (χ0n) is 18.3. The van der Waals surface area contributed by atoms with Crippen molar-refractivity contribution in [3.8, 4) is 22.8 Å². The van der Waals surface area contributed by atoms with Crippen LogP contribution < -0.4 is 14.8 Å². The maximum absolute atomic E-state index is 12.4. The van der Waals surface area contributed by atoms with Gasteiger partial charge in [0.2, 0.25) is 0 Å². The Bertz CT molecular complexity index is 1250. The average molecular weight is 543 g/mol. The first-order valence-electron chi connectivity index (χ1n) is 9.89. The minimum absolute atomic E-state index is 0.0669. The van der Waals surface area contributed by atoms with E-state index in [2.05, 4.69) is 15.0 Å². The molecule has 0 aliphatic heterocycles. The molecule has 7 nitrogen and oxygen atoms in total. The van der Waals surface area contributed by atoms with Crippen molar-refractivity contribution >= 4 is 57.6 Å². The van der Waals surface area contributed by atoms with Gasteiger partial charge in [0, 0.05) is 17.0 Å². The molecule has 0 unspecified atom stereocenters. The van der Waals surface area contributed by atoms with Gasteiger partial charge < -0.3 is 14.2 Å². The summed E-state index contributed by atoms with van der Waals surface area (Å²) in [5.41, 5.74) is 1.79. The highest BCUT2D eigenvalue weighted by atomic mass is 35.5.